The van der Waals surface area contributed by atoms with Crippen molar-refractivity contribution in [1.82, 2.24) is 10.3 Å². The number of aliphatic carboxylic acids is 1. The molecule has 0 fully saturated rings. The normalized spacial score (nSPS) is 11.7. The number of carboxylic acid groups (broad SMARTS) is 1. The van der Waals surface area contributed by atoms with Gasteiger partial charge in [0.15, 0.2) is 6.61 Å². The first kappa shape index (κ1) is 19.2. The Morgan fingerprint density at radius 1 is 1.12 bits per heavy atom. The summed E-state index contributed by atoms with van der Waals surface area (Å²) in [6.45, 7) is 5.27. The molecule has 0 bridgehead atoms. The van der Waals surface area contributed by atoms with E-state index >= 15 is 0 Å². The molecular formula is C19H22N2O5. The lowest BCUT2D eigenvalue weighted by atomic mass is 10.1. The van der Waals surface area contributed by atoms with Crippen molar-refractivity contribution in [3.05, 3.63) is 53.7 Å². The second-order valence-corrected chi connectivity index (χ2v) is 6.00. The van der Waals surface area contributed by atoms with Crippen molar-refractivity contribution in [3.63, 3.8) is 0 Å². The highest BCUT2D eigenvalue weighted by Gasteiger charge is 2.12. The summed E-state index contributed by atoms with van der Waals surface area (Å²) < 4.78 is 10.5. The summed E-state index contributed by atoms with van der Waals surface area (Å²) in [4.78, 5) is 26.9. The molecule has 138 valence electrons. The van der Waals surface area contributed by atoms with Gasteiger partial charge in [-0.05, 0) is 44.5 Å². The summed E-state index contributed by atoms with van der Waals surface area (Å²) in [5.41, 5.74) is 1.31. The third kappa shape index (κ3) is 5.77. The van der Waals surface area contributed by atoms with E-state index in [-0.39, 0.29) is 18.1 Å². The quantitative estimate of drug-likeness (QED) is 0.753. The fraction of sp³-hybridized carbons (Fsp3) is 0.316. The Labute approximate surface area is 152 Å². The summed E-state index contributed by atoms with van der Waals surface area (Å²) >= 11 is 0. The molecule has 1 amide bonds. The molecule has 0 aliphatic carbocycles. The van der Waals surface area contributed by atoms with Crippen LogP contribution < -0.4 is 14.8 Å². The largest absolute Gasteiger partial charge is 0.482 e. The average Bonchev–Trinajstić information content (AvgIpc) is 2.60. The first-order chi connectivity index (χ1) is 12.3. The molecule has 1 heterocycles. The van der Waals surface area contributed by atoms with Crippen molar-refractivity contribution in [2.75, 3.05) is 6.61 Å². The van der Waals surface area contributed by atoms with Gasteiger partial charge in [0.05, 0.1) is 17.7 Å². The zero-order valence-corrected chi connectivity index (χ0v) is 14.9. The third-order valence-electron chi connectivity index (χ3n) is 3.44. The standard InChI is InChI=1S/C19H22N2O5/c1-12(2)26-17-9-6-15(10-20-17)19(24)21-13(3)14-4-7-16(8-5-14)25-11-18(22)23/h4-10,12-13H,11H2,1-3H3,(H,21,24)(H,22,23). The van der Waals surface area contributed by atoms with Crippen LogP contribution in [0, 0.1) is 0 Å². The van der Waals surface area contributed by atoms with Gasteiger partial charge >= 0.3 is 5.97 Å². The van der Waals surface area contributed by atoms with Gasteiger partial charge in [-0.15, -0.1) is 0 Å². The number of rotatable bonds is 8. The molecule has 0 saturated heterocycles. The van der Waals surface area contributed by atoms with Crippen LogP contribution in [0.4, 0.5) is 0 Å². The van der Waals surface area contributed by atoms with Crippen LogP contribution in [-0.2, 0) is 4.79 Å². The molecule has 7 nitrogen and oxygen atoms in total. The van der Waals surface area contributed by atoms with Gasteiger partial charge in [-0.3, -0.25) is 4.79 Å². The van der Waals surface area contributed by atoms with E-state index in [1.165, 1.54) is 6.20 Å². The monoisotopic (exact) mass is 358 g/mol. The average molecular weight is 358 g/mol. The number of hydrogen-bond donors (Lipinski definition) is 2. The van der Waals surface area contributed by atoms with Crippen LogP contribution in [0.15, 0.2) is 42.6 Å². The molecule has 0 aliphatic heterocycles. The van der Waals surface area contributed by atoms with E-state index in [0.717, 1.165) is 5.56 Å². The van der Waals surface area contributed by atoms with E-state index in [1.807, 2.05) is 20.8 Å². The molecule has 0 spiro atoms. The van der Waals surface area contributed by atoms with E-state index in [9.17, 15) is 9.59 Å². The second kappa shape index (κ2) is 8.84. The summed E-state index contributed by atoms with van der Waals surface area (Å²) in [5.74, 6) is -0.346. The molecule has 2 rings (SSSR count). The Morgan fingerprint density at radius 2 is 1.81 bits per heavy atom. The summed E-state index contributed by atoms with van der Waals surface area (Å²) in [6, 6.07) is 9.98. The SMILES string of the molecule is CC(C)Oc1ccc(C(=O)NC(C)c2ccc(OCC(=O)O)cc2)cn1. The lowest BCUT2D eigenvalue weighted by Crippen LogP contribution is -2.26. The highest BCUT2D eigenvalue weighted by Crippen LogP contribution is 2.18. The van der Waals surface area contributed by atoms with Crippen LogP contribution >= 0.6 is 0 Å². The number of carbonyl (C=O) groups excluding carboxylic acids is 1. The first-order valence-electron chi connectivity index (χ1n) is 8.23. The van der Waals surface area contributed by atoms with Crippen LogP contribution in [0.1, 0.15) is 42.7 Å². The van der Waals surface area contributed by atoms with Crippen LogP contribution in [0.3, 0.4) is 0 Å². The van der Waals surface area contributed by atoms with E-state index in [0.29, 0.717) is 17.2 Å². The summed E-state index contributed by atoms with van der Waals surface area (Å²) in [5, 5.41) is 11.5. The maximum absolute atomic E-state index is 12.3. The van der Waals surface area contributed by atoms with Gasteiger partial charge in [0, 0.05) is 12.3 Å². The van der Waals surface area contributed by atoms with Crippen LogP contribution in [0.25, 0.3) is 0 Å². The maximum atomic E-state index is 12.3. The molecule has 1 unspecified atom stereocenters. The smallest absolute Gasteiger partial charge is 0.341 e. The molecule has 1 aromatic heterocycles. The van der Waals surface area contributed by atoms with Crippen molar-refractivity contribution in [1.29, 1.82) is 0 Å². The lowest BCUT2D eigenvalue weighted by molar-refractivity contribution is -0.139. The molecular weight excluding hydrogens is 336 g/mol. The summed E-state index contributed by atoms with van der Waals surface area (Å²) in [7, 11) is 0. The number of amides is 1. The number of nitrogens with zero attached hydrogens (tertiary/aromatic N) is 1. The molecule has 7 heteroatoms. The Bertz CT molecular complexity index is 742. The van der Waals surface area contributed by atoms with Gasteiger partial charge in [0.1, 0.15) is 5.75 Å². The number of ether oxygens (including phenoxy) is 2. The number of benzene rings is 1. The highest BCUT2D eigenvalue weighted by molar-refractivity contribution is 5.94. The number of nitrogens with one attached hydrogen (secondary N) is 1. The number of carboxylic acids is 1. The molecule has 26 heavy (non-hydrogen) atoms. The molecule has 0 radical (unpaired) electrons. The van der Waals surface area contributed by atoms with Gasteiger partial charge < -0.3 is 19.9 Å². The minimum absolute atomic E-state index is 0.0182. The fourth-order valence-corrected chi connectivity index (χ4v) is 2.19. The van der Waals surface area contributed by atoms with Gasteiger partial charge in [0.25, 0.3) is 5.91 Å². The number of carbonyl (C=O) groups is 2. The van der Waals surface area contributed by atoms with Gasteiger partial charge in [-0.1, -0.05) is 12.1 Å². The maximum Gasteiger partial charge on any atom is 0.341 e. The Kier molecular flexibility index (Phi) is 6.54. The minimum Gasteiger partial charge on any atom is -0.482 e. The van der Waals surface area contributed by atoms with E-state index in [1.54, 1.807) is 36.4 Å². The van der Waals surface area contributed by atoms with E-state index in [4.69, 9.17) is 14.6 Å². The van der Waals surface area contributed by atoms with Crippen LogP contribution in [0.2, 0.25) is 0 Å². The summed E-state index contributed by atoms with van der Waals surface area (Å²) in [6.07, 6.45) is 1.49. The third-order valence-corrected chi connectivity index (χ3v) is 3.44. The molecule has 1 atom stereocenters. The van der Waals surface area contributed by atoms with Crippen molar-refractivity contribution in [3.8, 4) is 11.6 Å². The molecule has 2 aromatic rings. The molecule has 2 N–H and O–H groups in total. The highest BCUT2D eigenvalue weighted by atomic mass is 16.5. The van der Waals surface area contributed by atoms with Crippen molar-refractivity contribution in [2.24, 2.45) is 0 Å². The van der Waals surface area contributed by atoms with Crippen molar-refractivity contribution < 1.29 is 24.2 Å². The Morgan fingerprint density at radius 3 is 2.35 bits per heavy atom. The predicted octanol–water partition coefficient (Wildman–Crippen LogP) is 2.82. The number of aromatic nitrogens is 1. The first-order valence-corrected chi connectivity index (χ1v) is 8.23. The molecule has 0 aliphatic rings. The van der Waals surface area contributed by atoms with Crippen LogP contribution in [0.5, 0.6) is 11.6 Å². The van der Waals surface area contributed by atoms with E-state index in [2.05, 4.69) is 10.3 Å². The molecule has 1 aromatic carbocycles. The van der Waals surface area contributed by atoms with Crippen molar-refractivity contribution in [2.45, 2.75) is 32.9 Å². The van der Waals surface area contributed by atoms with E-state index < -0.39 is 12.6 Å². The Balaban J connectivity index is 1.94. The zero-order valence-electron chi connectivity index (χ0n) is 14.9. The van der Waals surface area contributed by atoms with Gasteiger partial charge in [-0.25, -0.2) is 9.78 Å². The van der Waals surface area contributed by atoms with Gasteiger partial charge in [-0.2, -0.15) is 0 Å². The van der Waals surface area contributed by atoms with Crippen molar-refractivity contribution >= 4 is 11.9 Å². The molecule has 0 saturated carbocycles. The number of hydrogen-bond acceptors (Lipinski definition) is 5. The van der Waals surface area contributed by atoms with Crippen LogP contribution in [-0.4, -0.2) is 34.7 Å². The lowest BCUT2D eigenvalue weighted by Gasteiger charge is -2.15. The topological polar surface area (TPSA) is 97.8 Å². The minimum atomic E-state index is -1.03. The Hall–Kier alpha value is -3.09. The number of pyridine rings is 1. The second-order valence-electron chi connectivity index (χ2n) is 6.00. The predicted molar refractivity (Wildman–Crippen MR) is 95.5 cm³/mol. The fourth-order valence-electron chi connectivity index (χ4n) is 2.19. The van der Waals surface area contributed by atoms with Gasteiger partial charge in [0.2, 0.25) is 5.88 Å². The zero-order chi connectivity index (χ0) is 19.1.